The second kappa shape index (κ2) is 8.94. The SMILES string of the molecule is OCCC#Cc1cc(CSCC(O)CO)ccc1F. The Morgan fingerprint density at radius 2 is 2.11 bits per heavy atom. The van der Waals surface area contributed by atoms with Gasteiger partial charge < -0.3 is 15.3 Å². The zero-order valence-electron chi connectivity index (χ0n) is 10.5. The Balaban J connectivity index is 2.61. The Labute approximate surface area is 116 Å². The van der Waals surface area contributed by atoms with Crippen molar-refractivity contribution in [2.24, 2.45) is 0 Å². The summed E-state index contributed by atoms with van der Waals surface area (Å²) in [6.07, 6.45) is -0.407. The van der Waals surface area contributed by atoms with Crippen molar-refractivity contribution >= 4 is 11.8 Å². The molecule has 0 aliphatic rings. The van der Waals surface area contributed by atoms with Gasteiger partial charge in [0.15, 0.2) is 0 Å². The van der Waals surface area contributed by atoms with E-state index >= 15 is 0 Å². The van der Waals surface area contributed by atoms with Crippen LogP contribution in [-0.4, -0.2) is 40.4 Å². The minimum absolute atomic E-state index is 0.0385. The van der Waals surface area contributed by atoms with Gasteiger partial charge in [0, 0.05) is 17.9 Å². The predicted molar refractivity (Wildman–Crippen MR) is 74.2 cm³/mol. The van der Waals surface area contributed by atoms with E-state index in [1.807, 2.05) is 0 Å². The van der Waals surface area contributed by atoms with E-state index in [2.05, 4.69) is 11.8 Å². The van der Waals surface area contributed by atoms with E-state index in [0.29, 0.717) is 23.5 Å². The molecule has 0 radical (unpaired) electrons. The third-order valence-corrected chi connectivity index (χ3v) is 3.44. The maximum atomic E-state index is 13.5. The third-order valence-electron chi connectivity index (χ3n) is 2.28. The Morgan fingerprint density at radius 1 is 1.32 bits per heavy atom. The number of aliphatic hydroxyl groups is 3. The van der Waals surface area contributed by atoms with Crippen molar-refractivity contribution in [1.82, 2.24) is 0 Å². The normalized spacial score (nSPS) is 11.8. The first kappa shape index (κ1) is 16.0. The Hall–Kier alpha value is -1.06. The fourth-order valence-electron chi connectivity index (χ4n) is 1.34. The van der Waals surface area contributed by atoms with Crippen molar-refractivity contribution in [2.75, 3.05) is 19.0 Å². The molecule has 0 aliphatic carbocycles. The largest absolute Gasteiger partial charge is 0.395 e. The summed E-state index contributed by atoms with van der Waals surface area (Å²) >= 11 is 1.46. The fraction of sp³-hybridized carbons (Fsp3) is 0.429. The number of thioether (sulfide) groups is 1. The Morgan fingerprint density at radius 3 is 2.79 bits per heavy atom. The summed E-state index contributed by atoms with van der Waals surface area (Å²) in [5.41, 5.74) is 1.22. The van der Waals surface area contributed by atoms with Crippen LogP contribution in [0.1, 0.15) is 17.5 Å². The minimum atomic E-state index is -0.728. The first-order valence-corrected chi connectivity index (χ1v) is 7.07. The van der Waals surface area contributed by atoms with E-state index in [-0.39, 0.29) is 19.0 Å². The molecule has 0 saturated heterocycles. The molecule has 3 N–H and O–H groups in total. The number of aliphatic hydroxyl groups excluding tert-OH is 3. The van der Waals surface area contributed by atoms with Gasteiger partial charge >= 0.3 is 0 Å². The molecule has 0 aromatic heterocycles. The lowest BCUT2D eigenvalue weighted by Gasteiger charge is -2.07. The summed E-state index contributed by atoms with van der Waals surface area (Å²) in [6, 6.07) is 4.70. The van der Waals surface area contributed by atoms with E-state index in [1.165, 1.54) is 17.8 Å². The van der Waals surface area contributed by atoms with Gasteiger partial charge in [0.2, 0.25) is 0 Å². The standard InChI is InChI=1S/C14H17FO3S/c15-14-5-4-11(9-19-10-13(18)8-17)7-12(14)3-1-2-6-16/h4-5,7,13,16-18H,2,6,8-10H2. The van der Waals surface area contributed by atoms with Gasteiger partial charge in [-0.1, -0.05) is 17.9 Å². The van der Waals surface area contributed by atoms with Crippen molar-refractivity contribution in [3.63, 3.8) is 0 Å². The maximum absolute atomic E-state index is 13.5. The number of halogens is 1. The summed E-state index contributed by atoms with van der Waals surface area (Å²) in [4.78, 5) is 0. The van der Waals surface area contributed by atoms with Crippen LogP contribution in [0.25, 0.3) is 0 Å². The van der Waals surface area contributed by atoms with Gasteiger partial charge in [-0.25, -0.2) is 4.39 Å². The number of benzene rings is 1. The summed E-state index contributed by atoms with van der Waals surface area (Å²) in [6.45, 7) is -0.294. The minimum Gasteiger partial charge on any atom is -0.395 e. The van der Waals surface area contributed by atoms with E-state index in [0.717, 1.165) is 5.56 Å². The van der Waals surface area contributed by atoms with Gasteiger partial charge in [-0.2, -0.15) is 11.8 Å². The molecule has 5 heteroatoms. The average Bonchev–Trinajstić information content (AvgIpc) is 2.42. The summed E-state index contributed by atoms with van der Waals surface area (Å²) < 4.78 is 13.5. The molecule has 0 saturated carbocycles. The van der Waals surface area contributed by atoms with E-state index < -0.39 is 6.10 Å². The Kier molecular flexibility index (Phi) is 7.53. The summed E-state index contributed by atoms with van der Waals surface area (Å²) in [7, 11) is 0. The van der Waals surface area contributed by atoms with Gasteiger partial charge in [-0.05, 0) is 17.7 Å². The molecular formula is C14H17FO3S. The third kappa shape index (κ3) is 6.08. The van der Waals surface area contributed by atoms with Crippen LogP contribution in [-0.2, 0) is 5.75 Å². The van der Waals surface area contributed by atoms with E-state index in [4.69, 9.17) is 10.2 Å². The van der Waals surface area contributed by atoms with Crippen molar-refractivity contribution < 1.29 is 19.7 Å². The quantitative estimate of drug-likeness (QED) is 0.686. The smallest absolute Gasteiger partial charge is 0.138 e. The fourth-order valence-corrected chi connectivity index (χ4v) is 2.25. The van der Waals surface area contributed by atoms with Crippen LogP contribution in [0.4, 0.5) is 4.39 Å². The number of rotatable bonds is 6. The molecule has 0 amide bonds. The van der Waals surface area contributed by atoms with Crippen molar-refractivity contribution in [3.8, 4) is 11.8 Å². The van der Waals surface area contributed by atoms with Crippen LogP contribution in [0, 0.1) is 17.7 Å². The lowest BCUT2D eigenvalue weighted by Crippen LogP contribution is -2.14. The highest BCUT2D eigenvalue weighted by Crippen LogP contribution is 2.16. The van der Waals surface area contributed by atoms with Gasteiger partial charge in [-0.3, -0.25) is 0 Å². The molecule has 0 spiro atoms. The van der Waals surface area contributed by atoms with Gasteiger partial charge in [0.25, 0.3) is 0 Å². The molecule has 1 unspecified atom stereocenters. The monoisotopic (exact) mass is 284 g/mol. The molecule has 1 aromatic rings. The lowest BCUT2D eigenvalue weighted by molar-refractivity contribution is 0.113. The summed E-state index contributed by atoms with van der Waals surface area (Å²) in [5, 5.41) is 26.5. The van der Waals surface area contributed by atoms with Gasteiger partial charge in [-0.15, -0.1) is 0 Å². The van der Waals surface area contributed by atoms with Gasteiger partial charge in [0.1, 0.15) is 5.82 Å². The molecule has 0 heterocycles. The second-order valence-corrected chi connectivity index (χ2v) is 4.97. The molecule has 1 rings (SSSR count). The molecular weight excluding hydrogens is 267 g/mol. The van der Waals surface area contributed by atoms with Crippen LogP contribution in [0.5, 0.6) is 0 Å². The number of hydrogen-bond acceptors (Lipinski definition) is 4. The van der Waals surface area contributed by atoms with E-state index in [1.54, 1.807) is 12.1 Å². The zero-order chi connectivity index (χ0) is 14.1. The lowest BCUT2D eigenvalue weighted by atomic mass is 10.1. The first-order chi connectivity index (χ1) is 9.17. The van der Waals surface area contributed by atoms with Crippen LogP contribution >= 0.6 is 11.8 Å². The molecule has 0 bridgehead atoms. The molecule has 1 aromatic carbocycles. The molecule has 3 nitrogen and oxygen atoms in total. The van der Waals surface area contributed by atoms with Crippen LogP contribution in [0.3, 0.4) is 0 Å². The molecule has 104 valence electrons. The van der Waals surface area contributed by atoms with Gasteiger partial charge in [0.05, 0.1) is 24.9 Å². The predicted octanol–water partition coefficient (Wildman–Crippen LogP) is 1.15. The highest BCUT2D eigenvalue weighted by Gasteiger charge is 2.04. The molecule has 1 atom stereocenters. The zero-order valence-corrected chi connectivity index (χ0v) is 11.3. The van der Waals surface area contributed by atoms with Crippen LogP contribution in [0.2, 0.25) is 0 Å². The van der Waals surface area contributed by atoms with Crippen LogP contribution in [0.15, 0.2) is 18.2 Å². The van der Waals surface area contributed by atoms with Crippen LogP contribution < -0.4 is 0 Å². The average molecular weight is 284 g/mol. The van der Waals surface area contributed by atoms with Crippen molar-refractivity contribution in [1.29, 1.82) is 0 Å². The second-order valence-electron chi connectivity index (χ2n) is 3.94. The highest BCUT2D eigenvalue weighted by atomic mass is 32.2. The maximum Gasteiger partial charge on any atom is 0.138 e. The van der Waals surface area contributed by atoms with E-state index in [9.17, 15) is 9.50 Å². The number of hydrogen-bond donors (Lipinski definition) is 3. The first-order valence-electron chi connectivity index (χ1n) is 5.92. The highest BCUT2D eigenvalue weighted by molar-refractivity contribution is 7.98. The summed E-state index contributed by atoms with van der Waals surface area (Å²) in [5.74, 6) is 6.03. The molecule has 0 fully saturated rings. The molecule has 19 heavy (non-hydrogen) atoms. The van der Waals surface area contributed by atoms with Crippen molar-refractivity contribution in [3.05, 3.63) is 35.1 Å². The molecule has 0 aliphatic heterocycles. The van der Waals surface area contributed by atoms with Crippen molar-refractivity contribution in [2.45, 2.75) is 18.3 Å². The topological polar surface area (TPSA) is 60.7 Å². The Bertz CT molecular complexity index is 454.